The Bertz CT molecular complexity index is 844. The van der Waals surface area contributed by atoms with Gasteiger partial charge in [-0.15, -0.1) is 10.2 Å². The lowest BCUT2D eigenvalue weighted by Crippen LogP contribution is -2.15. The van der Waals surface area contributed by atoms with Gasteiger partial charge in [-0.1, -0.05) is 17.3 Å². The van der Waals surface area contributed by atoms with Crippen LogP contribution in [0.4, 0.5) is 0 Å². The first-order chi connectivity index (χ1) is 12.7. The van der Waals surface area contributed by atoms with Crippen molar-refractivity contribution in [3.8, 4) is 16.9 Å². The van der Waals surface area contributed by atoms with Gasteiger partial charge in [0.1, 0.15) is 11.5 Å². The van der Waals surface area contributed by atoms with E-state index in [9.17, 15) is 0 Å². The van der Waals surface area contributed by atoms with Gasteiger partial charge in [-0.2, -0.15) is 0 Å². The van der Waals surface area contributed by atoms with Gasteiger partial charge < -0.3 is 18.4 Å². The molecule has 7 heteroatoms. The highest BCUT2D eigenvalue weighted by atomic mass is 16.5. The number of hydrogen-bond acceptors (Lipinski definition) is 7. The molecule has 1 unspecified atom stereocenters. The van der Waals surface area contributed by atoms with E-state index in [2.05, 4.69) is 15.4 Å². The van der Waals surface area contributed by atoms with E-state index in [4.69, 9.17) is 18.4 Å². The molecule has 4 rings (SSSR count). The van der Waals surface area contributed by atoms with Gasteiger partial charge in [0.05, 0.1) is 18.2 Å². The Labute approximate surface area is 151 Å². The van der Waals surface area contributed by atoms with Crippen molar-refractivity contribution in [2.45, 2.75) is 39.2 Å². The normalized spacial score (nSPS) is 17.4. The van der Waals surface area contributed by atoms with Crippen molar-refractivity contribution in [3.05, 3.63) is 47.5 Å². The molecule has 136 valence electrons. The monoisotopic (exact) mass is 355 g/mol. The fraction of sp³-hybridized carbons (Fsp3) is 0.421. The summed E-state index contributed by atoms with van der Waals surface area (Å²) >= 11 is 0. The molecule has 1 aliphatic heterocycles. The number of rotatable bonds is 5. The fourth-order valence-electron chi connectivity index (χ4n) is 3.18. The maximum Gasteiger partial charge on any atom is 0.253 e. The summed E-state index contributed by atoms with van der Waals surface area (Å²) in [6.45, 7) is 5.53. The summed E-state index contributed by atoms with van der Waals surface area (Å²) < 4.78 is 22.2. The van der Waals surface area contributed by atoms with Crippen molar-refractivity contribution in [3.63, 3.8) is 0 Å². The van der Waals surface area contributed by atoms with Crippen molar-refractivity contribution in [1.29, 1.82) is 0 Å². The van der Waals surface area contributed by atoms with Crippen LogP contribution in [0.5, 0.6) is 5.75 Å². The van der Waals surface area contributed by atoms with Gasteiger partial charge in [-0.3, -0.25) is 0 Å². The van der Waals surface area contributed by atoms with Gasteiger partial charge in [0.15, 0.2) is 6.61 Å². The number of benzene rings is 1. The molecule has 1 atom stereocenters. The van der Waals surface area contributed by atoms with Crippen molar-refractivity contribution in [2.75, 3.05) is 13.2 Å². The average Bonchev–Trinajstić information content (AvgIpc) is 3.28. The molecule has 1 fully saturated rings. The van der Waals surface area contributed by atoms with Crippen LogP contribution in [-0.2, 0) is 11.3 Å². The van der Waals surface area contributed by atoms with Crippen LogP contribution in [0.25, 0.3) is 11.1 Å². The van der Waals surface area contributed by atoms with Crippen LogP contribution >= 0.6 is 0 Å². The summed E-state index contributed by atoms with van der Waals surface area (Å²) in [5.74, 6) is 2.85. The smallest absolute Gasteiger partial charge is 0.253 e. The minimum Gasteiger partial charge on any atom is -0.484 e. The summed E-state index contributed by atoms with van der Waals surface area (Å²) in [6, 6.07) is 7.79. The standard InChI is InChI=1S/C19H21N3O4/c1-12-18(13(2)26-22-12)14-5-7-16(8-6-14)24-11-17-20-21-19(25-17)15-4-3-9-23-10-15/h5-8,15H,3-4,9-11H2,1-2H3. The molecule has 0 bridgehead atoms. The van der Waals surface area contributed by atoms with Crippen molar-refractivity contribution in [2.24, 2.45) is 0 Å². The van der Waals surface area contributed by atoms with E-state index in [0.29, 0.717) is 18.4 Å². The molecule has 3 heterocycles. The van der Waals surface area contributed by atoms with Gasteiger partial charge in [0, 0.05) is 12.2 Å². The molecular formula is C19H21N3O4. The molecule has 0 radical (unpaired) electrons. The number of aromatic nitrogens is 3. The fourth-order valence-corrected chi connectivity index (χ4v) is 3.18. The molecule has 0 N–H and O–H groups in total. The second-order valence-corrected chi connectivity index (χ2v) is 6.46. The highest BCUT2D eigenvalue weighted by molar-refractivity contribution is 5.68. The van der Waals surface area contributed by atoms with Crippen LogP contribution in [0.3, 0.4) is 0 Å². The maximum atomic E-state index is 5.76. The van der Waals surface area contributed by atoms with Gasteiger partial charge in [0.25, 0.3) is 5.89 Å². The topological polar surface area (TPSA) is 83.4 Å². The number of hydrogen-bond donors (Lipinski definition) is 0. The lowest BCUT2D eigenvalue weighted by Gasteiger charge is -2.18. The molecule has 0 saturated carbocycles. The molecule has 0 spiro atoms. The Kier molecular flexibility index (Phi) is 4.71. The molecule has 7 nitrogen and oxygen atoms in total. The third kappa shape index (κ3) is 3.48. The minimum atomic E-state index is 0.194. The highest BCUT2D eigenvalue weighted by Gasteiger charge is 2.22. The molecule has 26 heavy (non-hydrogen) atoms. The first-order valence-electron chi connectivity index (χ1n) is 8.77. The summed E-state index contributed by atoms with van der Waals surface area (Å²) in [5, 5.41) is 12.2. The van der Waals surface area contributed by atoms with Gasteiger partial charge in [-0.05, 0) is 44.4 Å². The van der Waals surface area contributed by atoms with E-state index in [1.54, 1.807) is 0 Å². The molecule has 1 saturated heterocycles. The zero-order valence-corrected chi connectivity index (χ0v) is 14.9. The zero-order valence-electron chi connectivity index (χ0n) is 14.9. The molecule has 0 amide bonds. The average molecular weight is 355 g/mol. The Morgan fingerprint density at radius 1 is 1.15 bits per heavy atom. The van der Waals surface area contributed by atoms with Crippen LogP contribution < -0.4 is 4.74 Å². The molecule has 1 aromatic carbocycles. The SMILES string of the molecule is Cc1noc(C)c1-c1ccc(OCc2nnc(C3CCCOC3)o2)cc1. The van der Waals surface area contributed by atoms with E-state index < -0.39 is 0 Å². The van der Waals surface area contributed by atoms with E-state index in [0.717, 1.165) is 47.8 Å². The number of nitrogens with zero attached hydrogens (tertiary/aromatic N) is 3. The minimum absolute atomic E-state index is 0.194. The van der Waals surface area contributed by atoms with Crippen LogP contribution in [-0.4, -0.2) is 28.6 Å². The molecular weight excluding hydrogens is 334 g/mol. The summed E-state index contributed by atoms with van der Waals surface area (Å²) in [7, 11) is 0. The van der Waals surface area contributed by atoms with Crippen molar-refractivity contribution >= 4 is 0 Å². The molecule has 2 aromatic heterocycles. The van der Waals surface area contributed by atoms with E-state index in [1.165, 1.54) is 0 Å². The van der Waals surface area contributed by atoms with Crippen molar-refractivity contribution in [1.82, 2.24) is 15.4 Å². The van der Waals surface area contributed by atoms with Crippen LogP contribution in [0.1, 0.15) is 42.0 Å². The summed E-state index contributed by atoms with van der Waals surface area (Å²) in [4.78, 5) is 0. The quantitative estimate of drug-likeness (QED) is 0.688. The molecule has 3 aromatic rings. The largest absolute Gasteiger partial charge is 0.484 e. The zero-order chi connectivity index (χ0) is 17.9. The van der Waals surface area contributed by atoms with Crippen LogP contribution in [0, 0.1) is 13.8 Å². The third-order valence-electron chi connectivity index (χ3n) is 4.53. The van der Waals surface area contributed by atoms with Crippen LogP contribution in [0.15, 0.2) is 33.2 Å². The Morgan fingerprint density at radius 2 is 2.00 bits per heavy atom. The summed E-state index contributed by atoms with van der Waals surface area (Å²) in [5.41, 5.74) is 2.94. The predicted octanol–water partition coefficient (Wildman–Crippen LogP) is 3.81. The van der Waals surface area contributed by atoms with E-state index in [-0.39, 0.29) is 12.5 Å². The Balaban J connectivity index is 1.38. The molecule has 1 aliphatic rings. The highest BCUT2D eigenvalue weighted by Crippen LogP contribution is 2.29. The van der Waals surface area contributed by atoms with Gasteiger partial charge in [0.2, 0.25) is 5.89 Å². The van der Waals surface area contributed by atoms with Crippen LogP contribution in [0.2, 0.25) is 0 Å². The summed E-state index contributed by atoms with van der Waals surface area (Å²) in [6.07, 6.45) is 2.04. The predicted molar refractivity (Wildman–Crippen MR) is 92.8 cm³/mol. The second-order valence-electron chi connectivity index (χ2n) is 6.46. The maximum absolute atomic E-state index is 5.76. The molecule has 0 aliphatic carbocycles. The van der Waals surface area contributed by atoms with Gasteiger partial charge in [-0.25, -0.2) is 0 Å². The third-order valence-corrected chi connectivity index (χ3v) is 4.53. The first-order valence-corrected chi connectivity index (χ1v) is 8.77. The van der Waals surface area contributed by atoms with Gasteiger partial charge >= 0.3 is 0 Å². The lowest BCUT2D eigenvalue weighted by molar-refractivity contribution is 0.0717. The Hall–Kier alpha value is -2.67. The van der Waals surface area contributed by atoms with E-state index >= 15 is 0 Å². The second kappa shape index (κ2) is 7.29. The Morgan fingerprint density at radius 3 is 2.69 bits per heavy atom. The lowest BCUT2D eigenvalue weighted by atomic mass is 10.0. The van der Waals surface area contributed by atoms with E-state index in [1.807, 2.05) is 38.1 Å². The van der Waals surface area contributed by atoms with Crippen molar-refractivity contribution < 1.29 is 18.4 Å². The first kappa shape index (κ1) is 16.8. The number of aryl methyl sites for hydroxylation is 2. The number of ether oxygens (including phenoxy) is 2.